The molecule has 5 rings (SSSR count). The Morgan fingerprint density at radius 2 is 1.53 bits per heavy atom. The van der Waals surface area contributed by atoms with E-state index in [1.165, 1.54) is 25.2 Å². The van der Waals surface area contributed by atoms with Crippen molar-refractivity contribution in [2.24, 2.45) is 44.3 Å². The molecule has 5 heteroatoms. The molecule has 0 bridgehead atoms. The van der Waals surface area contributed by atoms with Gasteiger partial charge in [0, 0.05) is 23.7 Å². The molecule has 38 heavy (non-hydrogen) atoms. The number of methoxy groups -OCH3 is 1. The second-order valence-corrected chi connectivity index (χ2v) is 15.6. The monoisotopic (exact) mass is 526 g/mol. The van der Waals surface area contributed by atoms with Gasteiger partial charge in [0.2, 0.25) is 0 Å². The van der Waals surface area contributed by atoms with Crippen molar-refractivity contribution in [3.63, 3.8) is 0 Å². The van der Waals surface area contributed by atoms with Crippen LogP contribution in [-0.2, 0) is 23.9 Å². The molecule has 5 aliphatic rings. The molecule has 0 spiro atoms. The van der Waals surface area contributed by atoms with Gasteiger partial charge in [-0.15, -0.1) is 0 Å². The first-order chi connectivity index (χ1) is 17.5. The minimum atomic E-state index is -0.482. The molecule has 0 aromatic rings. The lowest BCUT2D eigenvalue weighted by atomic mass is 9.39. The van der Waals surface area contributed by atoms with Crippen LogP contribution in [0.5, 0.6) is 0 Å². The van der Waals surface area contributed by atoms with Gasteiger partial charge in [0.1, 0.15) is 11.9 Å². The molecule has 0 radical (unpaired) electrons. The third kappa shape index (κ3) is 3.51. The third-order valence-electron chi connectivity index (χ3n) is 13.5. The van der Waals surface area contributed by atoms with E-state index in [-0.39, 0.29) is 45.6 Å². The molecule has 0 aromatic carbocycles. The Morgan fingerprint density at radius 3 is 2.16 bits per heavy atom. The molecule has 8 atom stereocenters. The van der Waals surface area contributed by atoms with Crippen LogP contribution in [0.2, 0.25) is 0 Å². The average molecular weight is 527 g/mol. The van der Waals surface area contributed by atoms with Gasteiger partial charge >= 0.3 is 11.9 Å². The van der Waals surface area contributed by atoms with Gasteiger partial charge in [-0.1, -0.05) is 52.7 Å². The van der Waals surface area contributed by atoms with Gasteiger partial charge in [0.05, 0.1) is 12.5 Å². The zero-order valence-corrected chi connectivity index (χ0v) is 25.3. The summed E-state index contributed by atoms with van der Waals surface area (Å²) in [5.41, 5.74) is 1.54. The van der Waals surface area contributed by atoms with E-state index >= 15 is 0 Å². The summed E-state index contributed by atoms with van der Waals surface area (Å²) in [5.74, 6) is 0.418. The Bertz CT molecular complexity index is 1100. The van der Waals surface area contributed by atoms with Crippen molar-refractivity contribution in [3.05, 3.63) is 11.1 Å². The van der Waals surface area contributed by atoms with Crippen molar-refractivity contribution in [3.8, 4) is 0 Å². The SMILES string of the molecule is COC(=O)[C@]1(C)CC[C@]2(C)CC[C@]3(C)C(=O)[C@@H]4CC5=C(CC[C@H](OC(C)=O)C5(C)C)[C@]4(C)CC[C@@]3(C)[C@@H]2C1. The number of fused-ring (bicyclic) bond motifs is 5. The third-order valence-corrected chi connectivity index (χ3v) is 13.5. The van der Waals surface area contributed by atoms with E-state index in [0.717, 1.165) is 64.2 Å². The molecule has 5 aliphatic carbocycles. The first kappa shape index (κ1) is 27.9. The van der Waals surface area contributed by atoms with Crippen LogP contribution < -0.4 is 0 Å². The van der Waals surface area contributed by atoms with Crippen LogP contribution in [0.4, 0.5) is 0 Å². The molecule has 0 N–H and O–H groups in total. The summed E-state index contributed by atoms with van der Waals surface area (Å²) < 4.78 is 11.1. The predicted molar refractivity (Wildman–Crippen MR) is 147 cm³/mol. The number of carbonyl (C=O) groups excluding carboxylic acids is 3. The number of ketones is 1. The van der Waals surface area contributed by atoms with Gasteiger partial charge in [0.15, 0.2) is 0 Å². The number of allylic oxidation sites excluding steroid dienone is 1. The molecule has 212 valence electrons. The van der Waals surface area contributed by atoms with Crippen molar-refractivity contribution in [2.75, 3.05) is 7.11 Å². The van der Waals surface area contributed by atoms with Crippen LogP contribution in [0.25, 0.3) is 0 Å². The largest absolute Gasteiger partial charge is 0.469 e. The number of hydrogen-bond donors (Lipinski definition) is 0. The number of rotatable bonds is 2. The zero-order valence-electron chi connectivity index (χ0n) is 25.3. The van der Waals surface area contributed by atoms with E-state index in [1.807, 2.05) is 0 Å². The Kier molecular flexibility index (Phi) is 6.19. The maximum absolute atomic E-state index is 14.9. The van der Waals surface area contributed by atoms with Gasteiger partial charge in [-0.25, -0.2) is 0 Å². The molecule has 0 aromatic heterocycles. The standard InChI is InChI=1S/C33H50O5/c1-20(34)38-25-11-10-21-22(28(25,2)3)18-23-26(35)33(8)16-14-29(4)12-13-30(5,27(36)37-9)19-24(29)32(33,7)17-15-31(21,23)6/h23-25H,10-19H2,1-9H3/t23-,24+,25-,29+,30+,31-,32-,33+/m0/s1. The lowest BCUT2D eigenvalue weighted by Crippen LogP contribution is -2.60. The van der Waals surface area contributed by atoms with Crippen LogP contribution in [0, 0.1) is 44.3 Å². The van der Waals surface area contributed by atoms with E-state index in [0.29, 0.717) is 11.7 Å². The fourth-order valence-corrected chi connectivity index (χ4v) is 10.4. The highest BCUT2D eigenvalue weighted by molar-refractivity contribution is 5.90. The molecule has 0 aliphatic heterocycles. The van der Waals surface area contributed by atoms with Crippen molar-refractivity contribution in [1.82, 2.24) is 0 Å². The lowest BCUT2D eigenvalue weighted by molar-refractivity contribution is -0.182. The molecule has 0 unspecified atom stereocenters. The van der Waals surface area contributed by atoms with Gasteiger partial charge in [0.25, 0.3) is 0 Å². The highest BCUT2D eigenvalue weighted by Gasteiger charge is 2.69. The van der Waals surface area contributed by atoms with Crippen LogP contribution in [-0.4, -0.2) is 30.9 Å². The summed E-state index contributed by atoms with van der Waals surface area (Å²) in [6.07, 6.45) is 9.08. The highest BCUT2D eigenvalue weighted by Crippen LogP contribution is 2.73. The molecule has 3 saturated carbocycles. The Balaban J connectivity index is 1.55. The van der Waals surface area contributed by atoms with Gasteiger partial charge < -0.3 is 9.47 Å². The van der Waals surface area contributed by atoms with Gasteiger partial charge in [-0.05, 0) is 93.3 Å². The number of esters is 2. The maximum atomic E-state index is 14.9. The van der Waals surface area contributed by atoms with Crippen LogP contribution >= 0.6 is 0 Å². The molecule has 0 amide bonds. The summed E-state index contributed by atoms with van der Waals surface area (Å²) in [5, 5.41) is 0. The van der Waals surface area contributed by atoms with Crippen molar-refractivity contribution in [2.45, 2.75) is 126 Å². The van der Waals surface area contributed by atoms with E-state index in [4.69, 9.17) is 9.47 Å². The second kappa shape index (κ2) is 8.43. The fourth-order valence-electron chi connectivity index (χ4n) is 10.4. The summed E-state index contributed by atoms with van der Waals surface area (Å²) in [6, 6.07) is 0. The van der Waals surface area contributed by atoms with Crippen molar-refractivity contribution in [1.29, 1.82) is 0 Å². The van der Waals surface area contributed by atoms with E-state index < -0.39 is 10.8 Å². The van der Waals surface area contributed by atoms with E-state index in [1.54, 1.807) is 0 Å². The molecular weight excluding hydrogens is 476 g/mol. The van der Waals surface area contributed by atoms with Crippen LogP contribution in [0.3, 0.4) is 0 Å². The van der Waals surface area contributed by atoms with Crippen molar-refractivity contribution >= 4 is 17.7 Å². The molecule has 3 fully saturated rings. The Labute approximate surface area is 229 Å². The quantitative estimate of drug-likeness (QED) is 0.281. The normalized spacial score (nSPS) is 47.7. The highest BCUT2D eigenvalue weighted by atomic mass is 16.5. The molecule has 0 heterocycles. The smallest absolute Gasteiger partial charge is 0.311 e. The first-order valence-corrected chi connectivity index (χ1v) is 15.0. The topological polar surface area (TPSA) is 69.7 Å². The molecule has 0 saturated heterocycles. The number of Topliss-reactive ketones (excluding diaryl/α,β-unsaturated/α-hetero) is 1. The first-order valence-electron chi connectivity index (χ1n) is 15.0. The second-order valence-electron chi connectivity index (χ2n) is 15.6. The Hall–Kier alpha value is -1.65. The maximum Gasteiger partial charge on any atom is 0.311 e. The lowest BCUT2D eigenvalue weighted by Gasteiger charge is -2.64. The summed E-state index contributed by atoms with van der Waals surface area (Å²) >= 11 is 0. The minimum absolute atomic E-state index is 0.0189. The predicted octanol–water partition coefficient (Wildman–Crippen LogP) is 7.22. The van der Waals surface area contributed by atoms with E-state index in [9.17, 15) is 14.4 Å². The number of ether oxygens (including phenoxy) is 2. The van der Waals surface area contributed by atoms with Gasteiger partial charge in [-0.3, -0.25) is 14.4 Å². The molecular formula is C33H50O5. The summed E-state index contributed by atoms with van der Waals surface area (Å²) in [6.45, 7) is 17.5. The summed E-state index contributed by atoms with van der Waals surface area (Å²) in [7, 11) is 1.51. The zero-order chi connectivity index (χ0) is 28.1. The summed E-state index contributed by atoms with van der Waals surface area (Å²) in [4.78, 5) is 39.7. The number of hydrogen-bond acceptors (Lipinski definition) is 5. The van der Waals surface area contributed by atoms with Crippen LogP contribution in [0.1, 0.15) is 120 Å². The minimum Gasteiger partial charge on any atom is -0.469 e. The van der Waals surface area contributed by atoms with Crippen molar-refractivity contribution < 1.29 is 23.9 Å². The Morgan fingerprint density at radius 1 is 0.868 bits per heavy atom. The van der Waals surface area contributed by atoms with Crippen LogP contribution in [0.15, 0.2) is 11.1 Å². The number of carbonyl (C=O) groups is 3. The van der Waals surface area contributed by atoms with E-state index in [2.05, 4.69) is 48.5 Å². The molecule has 5 nitrogen and oxygen atoms in total. The average Bonchev–Trinajstić information content (AvgIpc) is 3.13. The fraction of sp³-hybridized carbons (Fsp3) is 0.848. The van der Waals surface area contributed by atoms with Gasteiger partial charge in [-0.2, -0.15) is 0 Å².